The highest BCUT2D eigenvalue weighted by Gasteiger charge is 1.94. The van der Waals surface area contributed by atoms with Crippen molar-refractivity contribution in [3.05, 3.63) is 0 Å². The van der Waals surface area contributed by atoms with Crippen LogP contribution < -0.4 is 5.14 Å². The van der Waals surface area contributed by atoms with E-state index in [1.54, 1.807) is 13.8 Å². The maximum absolute atomic E-state index is 9.81. The van der Waals surface area contributed by atoms with Crippen LogP contribution in [0.4, 0.5) is 0 Å². The van der Waals surface area contributed by atoms with E-state index in [1.807, 2.05) is 0 Å². The molecule has 1 N–H and O–H groups in total. The van der Waals surface area contributed by atoms with Crippen LogP contribution in [0.2, 0.25) is 0 Å². The van der Waals surface area contributed by atoms with Crippen molar-refractivity contribution in [2.75, 3.05) is 0 Å². The lowest BCUT2D eigenvalue weighted by molar-refractivity contribution is 0.269. The molecule has 0 fully saturated rings. The Labute approximate surface area is 45.6 Å². The monoisotopic (exact) mass is 122 g/mol. The van der Waals surface area contributed by atoms with Gasteiger partial charge in [0, 0.05) is 0 Å². The van der Waals surface area contributed by atoms with Gasteiger partial charge in [-0.25, -0.2) is 4.21 Å². The molecule has 0 spiro atoms. The van der Waals surface area contributed by atoms with Crippen LogP contribution in [0, 0.1) is 0 Å². The summed E-state index contributed by atoms with van der Waals surface area (Å²) in [5, 5.41) is 6.36. The second kappa shape index (κ2) is 3.12. The maximum atomic E-state index is 9.81. The zero-order chi connectivity index (χ0) is 5.86. The fourth-order valence-corrected chi connectivity index (χ4v) is 0.524. The van der Waals surface area contributed by atoms with Gasteiger partial charge in [0.15, 0.2) is 0 Å². The Morgan fingerprint density at radius 1 is 1.71 bits per heavy atom. The van der Waals surface area contributed by atoms with E-state index < -0.39 is 11.3 Å². The molecule has 0 saturated carbocycles. The van der Waals surface area contributed by atoms with Gasteiger partial charge < -0.3 is 0 Å². The van der Waals surface area contributed by atoms with E-state index in [0.29, 0.717) is 0 Å². The van der Waals surface area contributed by atoms with Gasteiger partial charge in [0.25, 0.3) is 0 Å². The Bertz CT molecular complexity index is 73.3. The van der Waals surface area contributed by atoms with Crippen LogP contribution in [0.15, 0.2) is 0 Å². The maximum Gasteiger partial charge on any atom is 0.249 e. The van der Waals surface area contributed by atoms with Crippen LogP contribution in [0.25, 0.3) is 0 Å². The third-order valence-electron chi connectivity index (χ3n) is 0.280. The molecule has 3 nitrogen and oxygen atoms in total. The van der Waals surface area contributed by atoms with Gasteiger partial charge in [0.2, 0.25) is 11.3 Å². The van der Waals surface area contributed by atoms with Crippen molar-refractivity contribution in [1.29, 1.82) is 0 Å². The van der Waals surface area contributed by atoms with Gasteiger partial charge in [-0.05, 0) is 13.8 Å². The molecular weight excluding hydrogens is 114 g/mol. The van der Waals surface area contributed by atoms with Crippen molar-refractivity contribution < 1.29 is 8.39 Å². The van der Waals surface area contributed by atoms with Crippen LogP contribution in [-0.4, -0.2) is 10.3 Å². The number of hydrogen-bond donors (Lipinski definition) is 0. The molecule has 7 heavy (non-hydrogen) atoms. The molecule has 0 rings (SSSR count). The third kappa shape index (κ3) is 6.07. The molecule has 1 radical (unpaired) electrons. The summed E-state index contributed by atoms with van der Waals surface area (Å²) in [5.41, 5.74) is 0. The Kier molecular flexibility index (Phi) is 3.15. The van der Waals surface area contributed by atoms with Crippen molar-refractivity contribution in [3.8, 4) is 0 Å². The van der Waals surface area contributed by atoms with Gasteiger partial charge in [0.1, 0.15) is 0 Å². The van der Waals surface area contributed by atoms with Gasteiger partial charge in [-0.1, -0.05) is 0 Å². The fraction of sp³-hybridized carbons (Fsp3) is 1.00. The summed E-state index contributed by atoms with van der Waals surface area (Å²) in [4.78, 5) is 0. The van der Waals surface area contributed by atoms with Crippen LogP contribution in [0.3, 0.4) is 0 Å². The summed E-state index contributed by atoms with van der Waals surface area (Å²) in [7, 11) is 0. The first-order valence-corrected chi connectivity index (χ1v) is 3.00. The van der Waals surface area contributed by atoms with E-state index >= 15 is 0 Å². The average molecular weight is 122 g/mol. The molecule has 0 aliphatic carbocycles. The van der Waals surface area contributed by atoms with Crippen LogP contribution >= 0.6 is 0 Å². The first kappa shape index (κ1) is 7.07. The predicted octanol–water partition coefficient (Wildman–Crippen LogP) is 0.273. The molecule has 1 atom stereocenters. The van der Waals surface area contributed by atoms with Crippen molar-refractivity contribution >= 4 is 11.3 Å². The van der Waals surface area contributed by atoms with Crippen molar-refractivity contribution in [1.82, 2.24) is 5.14 Å². The minimum Gasteiger partial charge on any atom is -0.275 e. The Hall–Kier alpha value is 0.0700. The summed E-state index contributed by atoms with van der Waals surface area (Å²) in [5.74, 6) is 0. The van der Waals surface area contributed by atoms with E-state index in [0.717, 1.165) is 0 Å². The lowest BCUT2D eigenvalue weighted by Crippen LogP contribution is -2.04. The lowest BCUT2D eigenvalue weighted by atomic mass is 10.5. The van der Waals surface area contributed by atoms with E-state index in [9.17, 15) is 4.21 Å². The second-order valence-electron chi connectivity index (χ2n) is 1.38. The SMILES string of the molecule is CC(C)OS([NH])=O. The molecule has 4 heteroatoms. The molecule has 0 saturated heterocycles. The fourth-order valence-electron chi connectivity index (χ4n) is 0.175. The van der Waals surface area contributed by atoms with Crippen LogP contribution in [-0.2, 0) is 15.4 Å². The average Bonchev–Trinajstić information content (AvgIpc) is 1.27. The number of nitrogens with one attached hydrogen (secondary N) is 1. The molecule has 0 bridgehead atoms. The van der Waals surface area contributed by atoms with Crippen LogP contribution in [0.5, 0.6) is 0 Å². The zero-order valence-electron chi connectivity index (χ0n) is 4.30. The smallest absolute Gasteiger partial charge is 0.249 e. The van der Waals surface area contributed by atoms with Gasteiger partial charge in [0.05, 0.1) is 6.10 Å². The first-order chi connectivity index (χ1) is 3.13. The van der Waals surface area contributed by atoms with Crippen molar-refractivity contribution in [2.45, 2.75) is 20.0 Å². The lowest BCUT2D eigenvalue weighted by Gasteiger charge is -1.97. The molecule has 0 aromatic rings. The Morgan fingerprint density at radius 2 is 2.14 bits per heavy atom. The molecule has 0 heterocycles. The van der Waals surface area contributed by atoms with Gasteiger partial charge in [-0.2, -0.15) is 0 Å². The number of hydrogen-bond acceptors (Lipinski definition) is 2. The normalized spacial score (nSPS) is 14.9. The standard InChI is InChI=1S/C3H8NO2S/c1-3(2)6-7(4)5/h3-4H,1-2H3. The summed E-state index contributed by atoms with van der Waals surface area (Å²) in [6.45, 7) is 3.46. The second-order valence-corrected chi connectivity index (χ2v) is 2.04. The molecule has 0 aliphatic rings. The minimum atomic E-state index is -1.85. The van der Waals surface area contributed by atoms with E-state index in [-0.39, 0.29) is 6.10 Å². The van der Waals surface area contributed by atoms with E-state index in [4.69, 9.17) is 5.14 Å². The Balaban J connectivity index is 3.13. The van der Waals surface area contributed by atoms with Gasteiger partial charge in [-0.3, -0.25) is 4.18 Å². The van der Waals surface area contributed by atoms with Crippen molar-refractivity contribution in [3.63, 3.8) is 0 Å². The largest absolute Gasteiger partial charge is 0.275 e. The van der Waals surface area contributed by atoms with Crippen molar-refractivity contribution in [2.24, 2.45) is 0 Å². The van der Waals surface area contributed by atoms with E-state index in [2.05, 4.69) is 4.18 Å². The molecule has 1 unspecified atom stereocenters. The van der Waals surface area contributed by atoms with Gasteiger partial charge in [-0.15, -0.1) is 5.14 Å². The summed E-state index contributed by atoms with van der Waals surface area (Å²) < 4.78 is 14.2. The Morgan fingerprint density at radius 3 is 2.14 bits per heavy atom. The zero-order valence-corrected chi connectivity index (χ0v) is 5.12. The third-order valence-corrected chi connectivity index (χ3v) is 0.840. The van der Waals surface area contributed by atoms with Crippen LogP contribution in [0.1, 0.15) is 13.8 Å². The molecule has 0 aromatic heterocycles. The molecule has 43 valence electrons. The minimum absolute atomic E-state index is 0.113. The summed E-state index contributed by atoms with van der Waals surface area (Å²) in [6.07, 6.45) is -0.113. The topological polar surface area (TPSA) is 50.1 Å². The summed E-state index contributed by atoms with van der Waals surface area (Å²) in [6, 6.07) is 0. The highest BCUT2D eigenvalue weighted by molar-refractivity contribution is 7.77. The number of rotatable bonds is 2. The first-order valence-electron chi connectivity index (χ1n) is 1.93. The molecule has 0 aromatic carbocycles. The molecular formula is C3H8NO2S. The highest BCUT2D eigenvalue weighted by Crippen LogP contribution is 1.87. The molecule has 0 amide bonds. The van der Waals surface area contributed by atoms with Gasteiger partial charge >= 0.3 is 0 Å². The quantitative estimate of drug-likeness (QED) is 0.528. The summed E-state index contributed by atoms with van der Waals surface area (Å²) >= 11 is -1.85. The highest BCUT2D eigenvalue weighted by atomic mass is 32.2. The predicted molar refractivity (Wildman–Crippen MR) is 27.5 cm³/mol. The molecule has 0 aliphatic heterocycles. The van der Waals surface area contributed by atoms with E-state index in [1.165, 1.54) is 0 Å².